The lowest BCUT2D eigenvalue weighted by molar-refractivity contribution is 0.0210. The minimum absolute atomic E-state index is 0.0554. The van der Waals surface area contributed by atoms with E-state index in [9.17, 15) is 14.9 Å². The SMILES string of the molecule is CC.CC(C)(C)OC(=O)N1CCC(Nc2c(C=O)c(Cl)nc3c(F)c(-c4cccc5cccc(C#N)c45)c(Cl)cc23)CC1. The zero-order valence-electron chi connectivity index (χ0n) is 24.7. The number of rotatable bonds is 4. The molecule has 0 atom stereocenters. The van der Waals surface area contributed by atoms with Crippen molar-refractivity contribution >= 4 is 62.9 Å². The Bertz CT molecular complexity index is 1730. The van der Waals surface area contributed by atoms with Crippen LogP contribution in [-0.2, 0) is 4.74 Å². The number of nitriles is 1. The predicted octanol–water partition coefficient (Wildman–Crippen LogP) is 9.02. The van der Waals surface area contributed by atoms with E-state index in [1.807, 2.05) is 46.8 Å². The van der Waals surface area contributed by atoms with E-state index in [-0.39, 0.29) is 39.0 Å². The number of carbonyl (C=O) groups is 2. The van der Waals surface area contributed by atoms with Crippen LogP contribution < -0.4 is 5.32 Å². The number of fused-ring (bicyclic) bond motifs is 2. The van der Waals surface area contributed by atoms with Crippen LogP contribution in [0.5, 0.6) is 0 Å². The van der Waals surface area contributed by atoms with Crippen molar-refractivity contribution in [2.24, 2.45) is 0 Å². The van der Waals surface area contributed by atoms with Crippen molar-refractivity contribution in [2.45, 2.75) is 59.1 Å². The average Bonchev–Trinajstić information content (AvgIpc) is 2.98. The van der Waals surface area contributed by atoms with E-state index >= 15 is 4.39 Å². The number of aromatic nitrogens is 1. The van der Waals surface area contributed by atoms with Gasteiger partial charge in [0.05, 0.1) is 27.9 Å². The van der Waals surface area contributed by atoms with E-state index in [4.69, 9.17) is 27.9 Å². The molecule has 43 heavy (non-hydrogen) atoms. The molecule has 1 aliphatic rings. The van der Waals surface area contributed by atoms with Crippen LogP contribution in [0.3, 0.4) is 0 Å². The summed E-state index contributed by atoms with van der Waals surface area (Å²) < 4.78 is 21.8. The molecule has 1 N–H and O–H groups in total. The Labute approximate surface area is 260 Å². The van der Waals surface area contributed by atoms with Gasteiger partial charge in [0.2, 0.25) is 0 Å². The molecule has 1 aliphatic heterocycles. The molecule has 0 bridgehead atoms. The Hall–Kier alpha value is -3.93. The number of hydrogen-bond donors (Lipinski definition) is 1. The molecule has 5 rings (SSSR count). The van der Waals surface area contributed by atoms with Gasteiger partial charge in [0, 0.05) is 35.5 Å². The van der Waals surface area contributed by atoms with Crippen molar-refractivity contribution in [2.75, 3.05) is 18.4 Å². The zero-order valence-corrected chi connectivity index (χ0v) is 26.2. The Kier molecular flexibility index (Phi) is 9.79. The quantitative estimate of drug-likeness (QED) is 0.180. The zero-order chi connectivity index (χ0) is 31.5. The third kappa shape index (κ3) is 6.53. The molecule has 224 valence electrons. The van der Waals surface area contributed by atoms with Gasteiger partial charge >= 0.3 is 6.09 Å². The van der Waals surface area contributed by atoms with Gasteiger partial charge in [0.25, 0.3) is 0 Å². The Balaban J connectivity index is 0.00000207. The Morgan fingerprint density at radius 2 is 1.81 bits per heavy atom. The van der Waals surface area contributed by atoms with Crippen LogP contribution >= 0.6 is 23.2 Å². The van der Waals surface area contributed by atoms with Gasteiger partial charge in [-0.25, -0.2) is 14.2 Å². The number of likely N-dealkylation sites (tertiary alicyclic amines) is 1. The molecule has 1 aromatic heterocycles. The van der Waals surface area contributed by atoms with Crippen LogP contribution in [0.15, 0.2) is 42.5 Å². The molecule has 2 heterocycles. The van der Waals surface area contributed by atoms with E-state index in [0.717, 1.165) is 5.39 Å². The molecule has 0 unspecified atom stereocenters. The smallest absolute Gasteiger partial charge is 0.410 e. The summed E-state index contributed by atoms with van der Waals surface area (Å²) in [4.78, 5) is 30.5. The maximum atomic E-state index is 16.4. The average molecular weight is 624 g/mol. The van der Waals surface area contributed by atoms with Crippen molar-refractivity contribution in [3.63, 3.8) is 0 Å². The lowest BCUT2D eigenvalue weighted by atomic mass is 9.93. The van der Waals surface area contributed by atoms with E-state index in [0.29, 0.717) is 59.8 Å². The van der Waals surface area contributed by atoms with Crippen LogP contribution in [0, 0.1) is 17.1 Å². The maximum absolute atomic E-state index is 16.4. The van der Waals surface area contributed by atoms with E-state index < -0.39 is 11.4 Å². The topological polar surface area (TPSA) is 95.3 Å². The molecule has 0 aliphatic carbocycles. The highest BCUT2D eigenvalue weighted by molar-refractivity contribution is 6.36. The molecule has 3 aromatic carbocycles. The van der Waals surface area contributed by atoms with Gasteiger partial charge in [-0.1, -0.05) is 67.4 Å². The third-order valence-corrected chi connectivity index (χ3v) is 7.66. The number of pyridine rings is 1. The number of aldehydes is 1. The first-order valence-electron chi connectivity index (χ1n) is 14.2. The number of ether oxygens (including phenoxy) is 1. The molecule has 10 heteroatoms. The van der Waals surface area contributed by atoms with Crippen LogP contribution in [0.25, 0.3) is 32.8 Å². The molecule has 1 amide bonds. The Morgan fingerprint density at radius 1 is 1.16 bits per heavy atom. The summed E-state index contributed by atoms with van der Waals surface area (Å²) in [6.07, 6.45) is 1.34. The fourth-order valence-electron chi connectivity index (χ4n) is 5.20. The summed E-state index contributed by atoms with van der Waals surface area (Å²) in [5.74, 6) is -0.713. The summed E-state index contributed by atoms with van der Waals surface area (Å²) in [5.41, 5.74) is 0.693. The van der Waals surface area contributed by atoms with Crippen molar-refractivity contribution in [1.82, 2.24) is 9.88 Å². The number of amides is 1. The minimum atomic E-state index is -0.713. The van der Waals surface area contributed by atoms with Crippen molar-refractivity contribution < 1.29 is 18.7 Å². The first-order chi connectivity index (χ1) is 20.5. The number of nitrogens with zero attached hydrogens (tertiary/aromatic N) is 3. The van der Waals surface area contributed by atoms with Crippen LogP contribution in [0.2, 0.25) is 10.2 Å². The van der Waals surface area contributed by atoms with Gasteiger partial charge in [-0.05, 0) is 56.7 Å². The number of piperidine rings is 1. The highest BCUT2D eigenvalue weighted by Gasteiger charge is 2.29. The molecule has 7 nitrogen and oxygen atoms in total. The molecular weight excluding hydrogens is 590 g/mol. The number of hydrogen-bond acceptors (Lipinski definition) is 6. The summed E-state index contributed by atoms with van der Waals surface area (Å²) >= 11 is 13.1. The van der Waals surface area contributed by atoms with Crippen LogP contribution in [0.1, 0.15) is 63.4 Å². The lowest BCUT2D eigenvalue weighted by Gasteiger charge is -2.34. The first kappa shape index (κ1) is 32.0. The third-order valence-electron chi connectivity index (χ3n) is 7.07. The van der Waals surface area contributed by atoms with Gasteiger partial charge in [0.15, 0.2) is 12.1 Å². The number of halogens is 3. The summed E-state index contributed by atoms with van der Waals surface area (Å²) in [5, 5.41) is 14.7. The molecule has 1 saturated heterocycles. The number of nitrogens with one attached hydrogen (secondary N) is 1. The molecular formula is C33H33Cl2FN4O3. The number of carbonyl (C=O) groups excluding carboxylic acids is 2. The van der Waals surface area contributed by atoms with Gasteiger partial charge in [-0.3, -0.25) is 4.79 Å². The fraction of sp³-hybridized carbons (Fsp3) is 0.333. The van der Waals surface area contributed by atoms with Crippen molar-refractivity contribution in [3.8, 4) is 17.2 Å². The van der Waals surface area contributed by atoms with E-state index in [1.165, 1.54) is 0 Å². The Morgan fingerprint density at radius 3 is 2.42 bits per heavy atom. The highest BCUT2D eigenvalue weighted by atomic mass is 35.5. The predicted molar refractivity (Wildman–Crippen MR) is 171 cm³/mol. The minimum Gasteiger partial charge on any atom is -0.444 e. The normalized spacial score (nSPS) is 13.7. The monoisotopic (exact) mass is 622 g/mol. The van der Waals surface area contributed by atoms with Gasteiger partial charge < -0.3 is 15.0 Å². The second kappa shape index (κ2) is 13.2. The number of benzene rings is 3. The van der Waals surface area contributed by atoms with E-state index in [2.05, 4.69) is 16.4 Å². The van der Waals surface area contributed by atoms with Crippen molar-refractivity contribution in [1.29, 1.82) is 5.26 Å². The van der Waals surface area contributed by atoms with Gasteiger partial charge in [-0.15, -0.1) is 0 Å². The molecule has 0 saturated carbocycles. The van der Waals surface area contributed by atoms with Crippen molar-refractivity contribution in [3.05, 3.63) is 69.6 Å². The standard InChI is InChI=1S/C31H27Cl2FN4O3.C2H6/c1-31(2,3)41-30(40)38-12-10-19(11-13-38)36-27-21-14-23(32)25(26(34)28(21)37-29(33)22(27)16-39)20-9-5-7-17-6-4-8-18(15-35)24(17)20;1-2/h4-9,14,16,19H,10-13H2,1-3H3,(H,36,37);1-2H3. The molecule has 0 spiro atoms. The van der Waals surface area contributed by atoms with E-state index in [1.54, 1.807) is 35.2 Å². The first-order valence-corrected chi connectivity index (χ1v) is 14.9. The van der Waals surface area contributed by atoms with Crippen LogP contribution in [-0.4, -0.2) is 47.0 Å². The van der Waals surface area contributed by atoms with Gasteiger partial charge in [-0.2, -0.15) is 5.26 Å². The summed E-state index contributed by atoms with van der Waals surface area (Å²) in [6, 6.07) is 14.2. The van der Waals surface area contributed by atoms with Crippen LogP contribution in [0.4, 0.5) is 14.9 Å². The lowest BCUT2D eigenvalue weighted by Crippen LogP contribution is -2.44. The second-order valence-electron chi connectivity index (χ2n) is 11.0. The fourth-order valence-corrected chi connectivity index (χ4v) is 5.72. The highest BCUT2D eigenvalue weighted by Crippen LogP contribution is 2.43. The number of anilines is 1. The molecule has 4 aromatic rings. The summed E-state index contributed by atoms with van der Waals surface area (Å²) in [6.45, 7) is 10.3. The largest absolute Gasteiger partial charge is 0.444 e. The second-order valence-corrected chi connectivity index (χ2v) is 11.7. The summed E-state index contributed by atoms with van der Waals surface area (Å²) in [7, 11) is 0. The maximum Gasteiger partial charge on any atom is 0.410 e. The van der Waals surface area contributed by atoms with Gasteiger partial charge in [0.1, 0.15) is 16.3 Å². The molecule has 1 fully saturated rings. The molecule has 0 radical (unpaired) electrons.